The zero-order valence-electron chi connectivity index (χ0n) is 18.7. The van der Waals surface area contributed by atoms with Crippen LogP contribution in [0.1, 0.15) is 35.9 Å². The summed E-state index contributed by atoms with van der Waals surface area (Å²) in [6.45, 7) is 0. The number of Topliss-reactive ketones (excluding diaryl/α,β-unsaturated/α-hetero) is 1. The molecule has 0 radical (unpaired) electrons. The van der Waals surface area contributed by atoms with Gasteiger partial charge in [0.25, 0.3) is 0 Å². The number of allylic oxidation sites excluding steroid dienone is 1. The first-order valence-corrected chi connectivity index (χ1v) is 11.4. The number of nitro groups is 1. The molecule has 35 heavy (non-hydrogen) atoms. The number of rotatable bonds is 4. The van der Waals surface area contributed by atoms with Crippen molar-refractivity contribution in [3.05, 3.63) is 98.2 Å². The Balaban J connectivity index is 1.67. The molecule has 0 unspecified atom stereocenters. The first kappa shape index (κ1) is 22.7. The summed E-state index contributed by atoms with van der Waals surface area (Å²) in [6.07, 6.45) is 0.782. The molecule has 3 aromatic carbocycles. The second kappa shape index (κ2) is 8.96. The predicted octanol–water partition coefficient (Wildman–Crippen LogP) is 5.94. The Labute approximate surface area is 206 Å². The minimum atomic E-state index is -0.700. The highest BCUT2D eigenvalue weighted by Gasteiger charge is 2.37. The van der Waals surface area contributed by atoms with E-state index in [0.29, 0.717) is 22.6 Å². The number of methoxy groups -OCH3 is 1. The maximum absolute atomic E-state index is 13.7. The molecule has 0 fully saturated rings. The van der Waals surface area contributed by atoms with Crippen molar-refractivity contribution >= 4 is 34.4 Å². The van der Waals surface area contributed by atoms with E-state index in [2.05, 4.69) is 10.6 Å². The highest BCUT2D eigenvalue weighted by atomic mass is 35.5. The number of phenolic OH excluding ortho intramolecular Hbond substituents is 1. The van der Waals surface area contributed by atoms with E-state index in [1.807, 2.05) is 48.5 Å². The standard InChI is InChI=1S/C26H22ClN3O5/c1-35-23-13-15(11-21(26(23)32)30(33)34)25-24-20(28-18-8-4-5-9-19(18)29-25)10-14(12-22(24)31)16-6-2-3-7-17(16)27/h2-9,11,13-14,25,28-29,32H,10,12H2,1H3/t14-,25-/m0/s1. The number of nitrogens with zero attached hydrogens (tertiary/aromatic N) is 1. The van der Waals surface area contributed by atoms with Crippen molar-refractivity contribution in [1.82, 2.24) is 0 Å². The lowest BCUT2D eigenvalue weighted by atomic mass is 9.78. The minimum absolute atomic E-state index is 0.0409. The lowest BCUT2D eigenvalue weighted by molar-refractivity contribution is -0.386. The average molecular weight is 492 g/mol. The number of ketones is 1. The van der Waals surface area contributed by atoms with Gasteiger partial charge in [0.2, 0.25) is 5.75 Å². The van der Waals surface area contributed by atoms with Gasteiger partial charge in [-0.25, -0.2) is 0 Å². The van der Waals surface area contributed by atoms with Gasteiger partial charge in [-0.1, -0.05) is 41.9 Å². The van der Waals surface area contributed by atoms with Crippen molar-refractivity contribution in [2.75, 3.05) is 17.7 Å². The van der Waals surface area contributed by atoms with Gasteiger partial charge in [0.05, 0.1) is 29.4 Å². The number of aromatic hydroxyl groups is 1. The lowest BCUT2D eigenvalue weighted by Crippen LogP contribution is -2.27. The van der Waals surface area contributed by atoms with Crippen molar-refractivity contribution in [1.29, 1.82) is 0 Å². The van der Waals surface area contributed by atoms with E-state index in [9.17, 15) is 20.0 Å². The summed E-state index contributed by atoms with van der Waals surface area (Å²) >= 11 is 6.45. The highest BCUT2D eigenvalue weighted by Crippen LogP contribution is 2.47. The normalized spacial score (nSPS) is 19.1. The monoisotopic (exact) mass is 491 g/mol. The third-order valence-corrected chi connectivity index (χ3v) is 6.83. The fourth-order valence-corrected chi connectivity index (χ4v) is 5.13. The van der Waals surface area contributed by atoms with E-state index in [4.69, 9.17) is 16.3 Å². The van der Waals surface area contributed by atoms with Crippen molar-refractivity contribution in [3.63, 3.8) is 0 Å². The molecule has 0 saturated carbocycles. The molecular weight excluding hydrogens is 470 g/mol. The third kappa shape index (κ3) is 4.06. The van der Waals surface area contributed by atoms with Crippen LogP contribution in [-0.4, -0.2) is 22.9 Å². The van der Waals surface area contributed by atoms with Gasteiger partial charge in [0, 0.05) is 28.8 Å². The van der Waals surface area contributed by atoms with Crippen LogP contribution >= 0.6 is 11.6 Å². The number of nitro benzene ring substituents is 1. The number of hydrogen-bond acceptors (Lipinski definition) is 7. The summed E-state index contributed by atoms with van der Waals surface area (Å²) in [5, 5.41) is 29.3. The molecule has 0 saturated heterocycles. The second-order valence-electron chi connectivity index (χ2n) is 8.54. The van der Waals surface area contributed by atoms with Crippen LogP contribution in [0, 0.1) is 10.1 Å². The molecule has 178 valence electrons. The summed E-state index contributed by atoms with van der Waals surface area (Å²) < 4.78 is 5.21. The molecule has 5 rings (SSSR count). The number of halogens is 1. The number of phenols is 1. The van der Waals surface area contributed by atoms with Crippen molar-refractivity contribution in [2.24, 2.45) is 0 Å². The van der Waals surface area contributed by atoms with Crippen molar-refractivity contribution in [2.45, 2.75) is 24.8 Å². The van der Waals surface area contributed by atoms with Gasteiger partial charge in [-0.05, 0) is 47.7 Å². The van der Waals surface area contributed by atoms with Crippen LogP contribution in [-0.2, 0) is 4.79 Å². The molecule has 3 aromatic rings. The van der Waals surface area contributed by atoms with Crippen LogP contribution in [0.25, 0.3) is 0 Å². The van der Waals surface area contributed by atoms with E-state index >= 15 is 0 Å². The van der Waals surface area contributed by atoms with Crippen LogP contribution in [0.3, 0.4) is 0 Å². The first-order valence-electron chi connectivity index (χ1n) is 11.1. The number of anilines is 2. The number of fused-ring (bicyclic) bond motifs is 1. The molecule has 2 atom stereocenters. The molecule has 8 nitrogen and oxygen atoms in total. The van der Waals surface area contributed by atoms with Gasteiger partial charge in [0.15, 0.2) is 11.5 Å². The van der Waals surface area contributed by atoms with E-state index in [1.54, 1.807) is 0 Å². The number of hydrogen-bond donors (Lipinski definition) is 3. The SMILES string of the molecule is COc1cc([C@@H]2Nc3ccccc3NC3=C2C(=O)C[C@@H](c2ccccc2Cl)C3)cc([N+](=O)[O-])c1O. The Morgan fingerprint density at radius 3 is 2.51 bits per heavy atom. The lowest BCUT2D eigenvalue weighted by Gasteiger charge is -2.30. The van der Waals surface area contributed by atoms with Gasteiger partial charge in [0.1, 0.15) is 0 Å². The topological polar surface area (TPSA) is 114 Å². The van der Waals surface area contributed by atoms with E-state index < -0.39 is 22.4 Å². The fraction of sp³-hybridized carbons (Fsp3) is 0.192. The van der Waals surface area contributed by atoms with Gasteiger partial charge in [-0.2, -0.15) is 0 Å². The largest absolute Gasteiger partial charge is 0.500 e. The Hall–Kier alpha value is -4.04. The van der Waals surface area contributed by atoms with Gasteiger partial charge in [-0.3, -0.25) is 14.9 Å². The molecule has 0 aromatic heterocycles. The van der Waals surface area contributed by atoms with Gasteiger partial charge < -0.3 is 20.5 Å². The van der Waals surface area contributed by atoms with Crippen LogP contribution in [0.2, 0.25) is 5.02 Å². The summed E-state index contributed by atoms with van der Waals surface area (Å²) in [4.78, 5) is 24.6. The third-order valence-electron chi connectivity index (χ3n) is 6.48. The molecule has 0 bridgehead atoms. The number of para-hydroxylation sites is 2. The Morgan fingerprint density at radius 1 is 1.09 bits per heavy atom. The fourth-order valence-electron chi connectivity index (χ4n) is 4.84. The number of benzene rings is 3. The van der Waals surface area contributed by atoms with E-state index in [-0.39, 0.29) is 23.9 Å². The molecule has 0 amide bonds. The molecular formula is C26H22ClN3O5. The average Bonchev–Trinajstić information content (AvgIpc) is 3.01. The molecule has 2 aliphatic rings. The maximum atomic E-state index is 13.7. The number of carbonyl (C=O) groups is 1. The van der Waals surface area contributed by atoms with Crippen molar-refractivity contribution < 1.29 is 19.6 Å². The number of nitrogens with one attached hydrogen (secondary N) is 2. The quantitative estimate of drug-likeness (QED) is 0.305. The first-order chi connectivity index (χ1) is 16.9. The van der Waals surface area contributed by atoms with Crippen LogP contribution < -0.4 is 15.4 Å². The summed E-state index contributed by atoms with van der Waals surface area (Å²) in [6, 6.07) is 17.1. The molecule has 0 spiro atoms. The zero-order chi connectivity index (χ0) is 24.7. The predicted molar refractivity (Wildman–Crippen MR) is 133 cm³/mol. The summed E-state index contributed by atoms with van der Waals surface area (Å²) in [7, 11) is 1.32. The van der Waals surface area contributed by atoms with Crippen LogP contribution in [0.5, 0.6) is 11.5 Å². The zero-order valence-corrected chi connectivity index (χ0v) is 19.5. The molecule has 1 aliphatic carbocycles. The Bertz CT molecular complexity index is 1390. The Morgan fingerprint density at radius 2 is 1.80 bits per heavy atom. The van der Waals surface area contributed by atoms with Crippen LogP contribution in [0.15, 0.2) is 71.9 Å². The van der Waals surface area contributed by atoms with Crippen molar-refractivity contribution in [3.8, 4) is 11.5 Å². The molecule has 9 heteroatoms. The molecule has 1 heterocycles. The van der Waals surface area contributed by atoms with E-state index in [1.165, 1.54) is 19.2 Å². The minimum Gasteiger partial charge on any atom is -0.500 e. The summed E-state index contributed by atoms with van der Waals surface area (Å²) in [5.41, 5.74) is 3.58. The van der Waals surface area contributed by atoms with Crippen LogP contribution in [0.4, 0.5) is 17.1 Å². The highest BCUT2D eigenvalue weighted by molar-refractivity contribution is 6.31. The van der Waals surface area contributed by atoms with Gasteiger partial charge >= 0.3 is 5.69 Å². The maximum Gasteiger partial charge on any atom is 0.315 e. The number of ether oxygens (including phenoxy) is 1. The number of carbonyl (C=O) groups excluding carboxylic acids is 1. The van der Waals surface area contributed by atoms with E-state index in [0.717, 1.165) is 22.6 Å². The molecule has 1 aliphatic heterocycles. The molecule has 3 N–H and O–H groups in total. The Kier molecular flexibility index (Phi) is 5.82. The smallest absolute Gasteiger partial charge is 0.315 e. The van der Waals surface area contributed by atoms with Gasteiger partial charge in [-0.15, -0.1) is 0 Å². The second-order valence-corrected chi connectivity index (χ2v) is 8.95. The summed E-state index contributed by atoms with van der Waals surface area (Å²) in [5.74, 6) is -0.807.